The van der Waals surface area contributed by atoms with E-state index in [0.29, 0.717) is 5.41 Å². The van der Waals surface area contributed by atoms with E-state index in [4.69, 9.17) is 15.4 Å². The average Bonchev–Trinajstić information content (AvgIpc) is 3.20. The molecule has 0 heterocycles. The molecule has 6 atom stereocenters. The van der Waals surface area contributed by atoms with Gasteiger partial charge in [0.2, 0.25) is 0 Å². The van der Waals surface area contributed by atoms with Crippen LogP contribution in [-0.4, -0.2) is 28.8 Å². The molecule has 248 valence electrons. The van der Waals surface area contributed by atoms with Crippen LogP contribution in [0.15, 0.2) is 35.5 Å². The molecule has 0 radical (unpaired) electrons. The van der Waals surface area contributed by atoms with Crippen LogP contribution in [0.1, 0.15) is 133 Å². The summed E-state index contributed by atoms with van der Waals surface area (Å²) < 4.78 is 14.2. The molecule has 0 aliphatic heterocycles. The Morgan fingerprint density at radius 1 is 0.907 bits per heavy atom. The number of hydrogen-bond donors (Lipinski definition) is 0. The van der Waals surface area contributed by atoms with E-state index in [-0.39, 0.29) is 22.3 Å². The summed E-state index contributed by atoms with van der Waals surface area (Å²) in [4.78, 5) is 0. The van der Waals surface area contributed by atoms with Gasteiger partial charge < -0.3 is 8.85 Å². The molecule has 2 nitrogen and oxygen atoms in total. The first-order valence-electron chi connectivity index (χ1n) is 18.0. The van der Waals surface area contributed by atoms with Crippen LogP contribution >= 0.6 is 0 Å². The number of hydrogen-bond acceptors (Lipinski definition) is 2. The molecule has 0 aromatic heterocycles. The molecule has 3 fully saturated rings. The quantitative estimate of drug-likeness (QED) is 0.224. The van der Waals surface area contributed by atoms with E-state index in [1.165, 1.54) is 62.5 Å². The zero-order valence-electron chi connectivity index (χ0n) is 31.2. The third-order valence-corrected chi connectivity index (χ3v) is 21.9. The first-order chi connectivity index (χ1) is 19.6. The monoisotopic (exact) mass is 629 g/mol. The Morgan fingerprint density at radius 3 is 2.09 bits per heavy atom. The van der Waals surface area contributed by atoms with Crippen LogP contribution in [0.3, 0.4) is 0 Å². The highest BCUT2D eigenvalue weighted by atomic mass is 28.4. The summed E-state index contributed by atoms with van der Waals surface area (Å²) in [5, 5.41) is 0.366. The van der Waals surface area contributed by atoms with E-state index in [1.807, 2.05) is 0 Å². The molecule has 0 aromatic carbocycles. The lowest BCUT2D eigenvalue weighted by Crippen LogP contribution is -2.49. The molecule has 0 saturated heterocycles. The Labute approximate surface area is 271 Å². The predicted molar refractivity (Wildman–Crippen MR) is 195 cm³/mol. The molecule has 3 saturated carbocycles. The van der Waals surface area contributed by atoms with Gasteiger partial charge in [0.05, 0.1) is 12.2 Å². The minimum absolute atomic E-state index is 0.0493. The molecule has 0 bridgehead atoms. The SMILES string of the molecule is C=C1/C(=C\C=C2\CCC[C@]3(C)[C@@H]([C@H](C)CCCC(C)C)CC[C@@H]23)C[C@H](O[Si](C)(C)C(C)(C)C)C[C@@H]1O[Si](C)(C)C(C)(C)C. The number of fused-ring (bicyclic) bond motifs is 1. The third-order valence-electron chi connectivity index (χ3n) is 12.9. The summed E-state index contributed by atoms with van der Waals surface area (Å²) in [6, 6.07) is 0. The largest absolute Gasteiger partial charge is 0.413 e. The number of allylic oxidation sites excluding steroid dienone is 3. The zero-order chi connectivity index (χ0) is 32.6. The standard InChI is InChI=1S/C39H72O2Si2/c1-28(2)18-16-19-29(3)34-23-24-35-31(20-17-25-39(34,35)11)21-22-32-26-33(40-42(12,13)37(5,6)7)27-36(30(32)4)41-43(14,15)38(8,9)10/h21-22,28-29,33-36H,4,16-20,23-27H2,1-3,5-15H3/b31-21-,32-22-/t29-,33+,34-,35+,36+,39-/m1/s1. The topological polar surface area (TPSA) is 18.5 Å². The van der Waals surface area contributed by atoms with Crippen molar-refractivity contribution in [3.63, 3.8) is 0 Å². The fourth-order valence-corrected chi connectivity index (χ4v) is 10.7. The van der Waals surface area contributed by atoms with E-state index < -0.39 is 16.6 Å². The fraction of sp³-hybridized carbons (Fsp3) is 0.846. The lowest BCUT2D eigenvalue weighted by molar-refractivity contribution is 0.0927. The van der Waals surface area contributed by atoms with Crippen molar-refractivity contribution in [3.05, 3.63) is 35.5 Å². The van der Waals surface area contributed by atoms with Crippen LogP contribution in [0.25, 0.3) is 0 Å². The van der Waals surface area contributed by atoms with E-state index in [1.54, 1.807) is 5.57 Å². The highest BCUT2D eigenvalue weighted by Gasteiger charge is 2.50. The number of rotatable bonds is 10. The zero-order valence-corrected chi connectivity index (χ0v) is 33.2. The van der Waals surface area contributed by atoms with Crippen LogP contribution in [0.2, 0.25) is 36.3 Å². The van der Waals surface area contributed by atoms with Gasteiger partial charge in [-0.05, 0) is 115 Å². The summed E-state index contributed by atoms with van der Waals surface area (Å²) in [6.45, 7) is 38.3. The van der Waals surface area contributed by atoms with Crippen molar-refractivity contribution in [1.82, 2.24) is 0 Å². The van der Waals surface area contributed by atoms with Crippen LogP contribution in [0.5, 0.6) is 0 Å². The van der Waals surface area contributed by atoms with Crippen LogP contribution in [0, 0.1) is 29.1 Å². The second-order valence-corrected chi connectivity index (χ2v) is 28.2. The van der Waals surface area contributed by atoms with Gasteiger partial charge in [-0.3, -0.25) is 0 Å². The maximum absolute atomic E-state index is 7.09. The second kappa shape index (κ2) is 13.7. The van der Waals surface area contributed by atoms with Crippen molar-refractivity contribution >= 4 is 16.6 Å². The van der Waals surface area contributed by atoms with Crippen molar-refractivity contribution < 1.29 is 8.85 Å². The molecule has 3 rings (SSSR count). The maximum atomic E-state index is 7.09. The molecular weight excluding hydrogens is 557 g/mol. The van der Waals surface area contributed by atoms with Gasteiger partial charge in [0.25, 0.3) is 0 Å². The van der Waals surface area contributed by atoms with Gasteiger partial charge in [-0.1, -0.05) is 113 Å². The first-order valence-corrected chi connectivity index (χ1v) is 23.8. The van der Waals surface area contributed by atoms with Gasteiger partial charge in [-0.15, -0.1) is 0 Å². The molecule has 3 aliphatic rings. The summed E-state index contributed by atoms with van der Waals surface area (Å²) in [6.07, 6.45) is 18.1. The Balaban J connectivity index is 1.87. The Bertz CT molecular complexity index is 1020. The van der Waals surface area contributed by atoms with E-state index in [2.05, 4.69) is 108 Å². The van der Waals surface area contributed by atoms with Crippen molar-refractivity contribution in [2.75, 3.05) is 0 Å². The molecule has 43 heavy (non-hydrogen) atoms. The highest BCUT2D eigenvalue weighted by Crippen LogP contribution is 2.60. The second-order valence-electron chi connectivity index (χ2n) is 18.7. The van der Waals surface area contributed by atoms with Crippen LogP contribution in [0.4, 0.5) is 0 Å². The predicted octanol–water partition coefficient (Wildman–Crippen LogP) is 12.6. The first kappa shape index (κ1) is 37.0. The molecular formula is C39H72O2Si2. The fourth-order valence-electron chi connectivity index (χ4n) is 8.03. The van der Waals surface area contributed by atoms with Crippen molar-refractivity contribution in [2.24, 2.45) is 29.1 Å². The van der Waals surface area contributed by atoms with E-state index in [9.17, 15) is 0 Å². The van der Waals surface area contributed by atoms with Crippen LogP contribution in [-0.2, 0) is 8.85 Å². The molecule has 0 N–H and O–H groups in total. The van der Waals surface area contributed by atoms with Crippen LogP contribution < -0.4 is 0 Å². The maximum Gasteiger partial charge on any atom is 0.192 e. The Hall–Kier alpha value is -0.426. The highest BCUT2D eigenvalue weighted by molar-refractivity contribution is 6.74. The lowest BCUT2D eigenvalue weighted by Gasteiger charge is -2.46. The van der Waals surface area contributed by atoms with Crippen molar-refractivity contribution in [3.8, 4) is 0 Å². The normalized spacial score (nSPS) is 32.1. The smallest absolute Gasteiger partial charge is 0.192 e. The van der Waals surface area contributed by atoms with E-state index in [0.717, 1.165) is 36.5 Å². The van der Waals surface area contributed by atoms with E-state index >= 15 is 0 Å². The van der Waals surface area contributed by atoms with Gasteiger partial charge in [0.1, 0.15) is 0 Å². The minimum Gasteiger partial charge on any atom is -0.413 e. The molecule has 4 heteroatoms. The third kappa shape index (κ3) is 8.69. The van der Waals surface area contributed by atoms with Gasteiger partial charge >= 0.3 is 0 Å². The summed E-state index contributed by atoms with van der Waals surface area (Å²) in [7, 11) is -3.86. The van der Waals surface area contributed by atoms with Crippen molar-refractivity contribution in [2.45, 2.75) is 182 Å². The molecule has 0 aromatic rings. The lowest BCUT2D eigenvalue weighted by atomic mass is 9.60. The van der Waals surface area contributed by atoms with Gasteiger partial charge in [0, 0.05) is 6.42 Å². The minimum atomic E-state index is -1.95. The van der Waals surface area contributed by atoms with Crippen molar-refractivity contribution in [1.29, 1.82) is 0 Å². The van der Waals surface area contributed by atoms with Gasteiger partial charge in [0.15, 0.2) is 16.6 Å². The molecule has 0 amide bonds. The Morgan fingerprint density at radius 2 is 1.51 bits per heavy atom. The average molecular weight is 629 g/mol. The van der Waals surface area contributed by atoms with Gasteiger partial charge in [-0.2, -0.15) is 0 Å². The summed E-state index contributed by atoms with van der Waals surface area (Å²) in [5.41, 5.74) is 4.75. The Kier molecular flexibility index (Phi) is 11.8. The molecule has 3 aliphatic carbocycles. The van der Waals surface area contributed by atoms with Gasteiger partial charge in [-0.25, -0.2) is 0 Å². The molecule has 0 unspecified atom stereocenters. The summed E-state index contributed by atoms with van der Waals surface area (Å²) in [5.74, 6) is 3.28. The summed E-state index contributed by atoms with van der Waals surface area (Å²) >= 11 is 0. The molecule has 0 spiro atoms.